The van der Waals surface area contributed by atoms with Crippen LogP contribution in [0, 0.1) is 0 Å². The smallest absolute Gasteiger partial charge is 0.335 e. The number of nitrogens with one attached hydrogen (secondary N) is 1. The number of carboxylic acids is 1. The van der Waals surface area contributed by atoms with Crippen molar-refractivity contribution in [3.63, 3.8) is 0 Å². The molecule has 7 heteroatoms. The summed E-state index contributed by atoms with van der Waals surface area (Å²) >= 11 is 0. The maximum Gasteiger partial charge on any atom is 0.335 e. The number of aliphatic hydroxyl groups excluding tert-OH is 1. The molecule has 0 fully saturated rings. The molecule has 0 aliphatic carbocycles. The molecule has 0 aliphatic rings. The second kappa shape index (κ2) is 7.02. The van der Waals surface area contributed by atoms with Crippen LogP contribution in [0.2, 0.25) is 0 Å². The molecule has 0 aromatic heterocycles. The van der Waals surface area contributed by atoms with E-state index in [2.05, 4.69) is 4.72 Å². The van der Waals surface area contributed by atoms with Crippen molar-refractivity contribution in [1.29, 1.82) is 0 Å². The maximum atomic E-state index is 12.4. The predicted octanol–water partition coefficient (Wildman–Crippen LogP) is 1.38. The first-order valence-electron chi connectivity index (χ1n) is 6.74. The summed E-state index contributed by atoms with van der Waals surface area (Å²) in [5.74, 6) is -1.17. The third-order valence-electron chi connectivity index (χ3n) is 3.04. The molecule has 2 unspecified atom stereocenters. The Morgan fingerprint density at radius 1 is 1.33 bits per heavy atom. The van der Waals surface area contributed by atoms with E-state index < -0.39 is 28.1 Å². The molecule has 1 aromatic rings. The fourth-order valence-electron chi connectivity index (χ4n) is 2.12. The Morgan fingerprint density at radius 3 is 2.43 bits per heavy atom. The van der Waals surface area contributed by atoms with E-state index in [1.54, 1.807) is 20.8 Å². The van der Waals surface area contributed by atoms with Gasteiger partial charge in [0.1, 0.15) is 0 Å². The molecule has 0 saturated carbocycles. The van der Waals surface area contributed by atoms with Crippen LogP contribution in [-0.4, -0.2) is 36.7 Å². The number of aliphatic hydroxyl groups is 1. The average molecular weight is 315 g/mol. The van der Waals surface area contributed by atoms with Gasteiger partial charge in [-0.1, -0.05) is 13.0 Å². The zero-order chi connectivity index (χ0) is 16.2. The molecule has 118 valence electrons. The van der Waals surface area contributed by atoms with Gasteiger partial charge in [-0.25, -0.2) is 17.9 Å². The Morgan fingerprint density at radius 2 is 1.95 bits per heavy atom. The van der Waals surface area contributed by atoms with Crippen LogP contribution in [0.1, 0.15) is 43.1 Å². The minimum absolute atomic E-state index is 0.0256. The lowest BCUT2D eigenvalue weighted by atomic mass is 10.1. The highest BCUT2D eigenvalue weighted by molar-refractivity contribution is 7.89. The van der Waals surface area contributed by atoms with Gasteiger partial charge in [0, 0.05) is 6.04 Å². The zero-order valence-electron chi connectivity index (χ0n) is 12.3. The van der Waals surface area contributed by atoms with Gasteiger partial charge in [0.15, 0.2) is 0 Å². The van der Waals surface area contributed by atoms with Crippen molar-refractivity contribution in [2.24, 2.45) is 0 Å². The molecule has 1 aromatic carbocycles. The summed E-state index contributed by atoms with van der Waals surface area (Å²) in [5.41, 5.74) is 0.479. The summed E-state index contributed by atoms with van der Waals surface area (Å²) in [6.45, 7) is 5.03. The number of hydrogen-bond acceptors (Lipinski definition) is 4. The van der Waals surface area contributed by atoms with Gasteiger partial charge < -0.3 is 10.2 Å². The van der Waals surface area contributed by atoms with Crippen LogP contribution in [0.5, 0.6) is 0 Å². The molecule has 6 nitrogen and oxygen atoms in total. The quantitative estimate of drug-likeness (QED) is 0.705. The number of carboxylic acid groups (broad SMARTS) is 1. The SMILES string of the molecule is CCc1ccc(C(=O)O)cc1S(=O)(=O)NC(C)CC(C)O. The highest BCUT2D eigenvalue weighted by Crippen LogP contribution is 2.19. The first-order chi connectivity index (χ1) is 9.67. The maximum absolute atomic E-state index is 12.4. The zero-order valence-corrected chi connectivity index (χ0v) is 13.1. The van der Waals surface area contributed by atoms with Crippen LogP contribution in [0.3, 0.4) is 0 Å². The number of carbonyl (C=O) groups is 1. The molecule has 0 saturated heterocycles. The normalized spacial score (nSPS) is 14.7. The van der Waals surface area contributed by atoms with E-state index in [1.807, 2.05) is 0 Å². The van der Waals surface area contributed by atoms with Gasteiger partial charge >= 0.3 is 5.97 Å². The lowest BCUT2D eigenvalue weighted by Gasteiger charge is -2.17. The van der Waals surface area contributed by atoms with Gasteiger partial charge in [0.25, 0.3) is 0 Å². The van der Waals surface area contributed by atoms with E-state index in [1.165, 1.54) is 18.2 Å². The van der Waals surface area contributed by atoms with Crippen molar-refractivity contribution in [2.45, 2.75) is 50.7 Å². The van der Waals surface area contributed by atoms with Crippen molar-refractivity contribution in [1.82, 2.24) is 4.72 Å². The van der Waals surface area contributed by atoms with Gasteiger partial charge in [0.05, 0.1) is 16.6 Å². The molecule has 21 heavy (non-hydrogen) atoms. The highest BCUT2D eigenvalue weighted by atomic mass is 32.2. The van der Waals surface area contributed by atoms with E-state index in [0.29, 0.717) is 12.0 Å². The highest BCUT2D eigenvalue weighted by Gasteiger charge is 2.22. The standard InChI is InChI=1S/C14H21NO5S/c1-4-11-5-6-12(14(17)18)8-13(11)21(19,20)15-9(2)7-10(3)16/h5-6,8-10,15-16H,4,7H2,1-3H3,(H,17,18). The van der Waals surface area contributed by atoms with E-state index in [4.69, 9.17) is 5.11 Å². The molecule has 0 bridgehead atoms. The number of hydrogen-bond donors (Lipinski definition) is 3. The predicted molar refractivity (Wildman–Crippen MR) is 78.9 cm³/mol. The summed E-state index contributed by atoms with van der Waals surface area (Å²) in [7, 11) is -3.83. The fourth-order valence-corrected chi connectivity index (χ4v) is 3.71. The minimum atomic E-state index is -3.83. The second-order valence-corrected chi connectivity index (χ2v) is 6.77. The largest absolute Gasteiger partial charge is 0.478 e. The minimum Gasteiger partial charge on any atom is -0.478 e. The lowest BCUT2D eigenvalue weighted by molar-refractivity contribution is 0.0696. The fraction of sp³-hybridized carbons (Fsp3) is 0.500. The Kier molecular flexibility index (Phi) is 5.88. The van der Waals surface area contributed by atoms with Crippen LogP contribution in [0.15, 0.2) is 23.1 Å². The van der Waals surface area contributed by atoms with Crippen molar-refractivity contribution >= 4 is 16.0 Å². The van der Waals surface area contributed by atoms with Crippen LogP contribution in [-0.2, 0) is 16.4 Å². The number of benzene rings is 1. The van der Waals surface area contributed by atoms with Gasteiger partial charge in [-0.15, -0.1) is 0 Å². The van der Waals surface area contributed by atoms with Gasteiger partial charge in [-0.3, -0.25) is 0 Å². The Bertz CT molecular complexity index is 610. The second-order valence-electron chi connectivity index (χ2n) is 5.09. The van der Waals surface area contributed by atoms with Crippen molar-refractivity contribution in [3.05, 3.63) is 29.3 Å². The molecular formula is C14H21NO5S. The molecule has 0 aliphatic heterocycles. The molecule has 2 atom stereocenters. The first kappa shape index (κ1) is 17.6. The Labute approximate surface area is 124 Å². The first-order valence-corrected chi connectivity index (χ1v) is 8.22. The van der Waals surface area contributed by atoms with E-state index in [0.717, 1.165) is 0 Å². The molecule has 0 spiro atoms. The summed E-state index contributed by atoms with van der Waals surface area (Å²) in [4.78, 5) is 11.0. The van der Waals surface area contributed by atoms with Crippen LogP contribution in [0.25, 0.3) is 0 Å². The lowest BCUT2D eigenvalue weighted by Crippen LogP contribution is -2.35. The molecule has 0 heterocycles. The van der Waals surface area contributed by atoms with Crippen LogP contribution >= 0.6 is 0 Å². The van der Waals surface area contributed by atoms with Crippen LogP contribution in [0.4, 0.5) is 0 Å². The van der Waals surface area contributed by atoms with Crippen molar-refractivity contribution in [3.8, 4) is 0 Å². The summed E-state index contributed by atoms with van der Waals surface area (Å²) < 4.78 is 27.2. The number of rotatable bonds is 7. The third kappa shape index (κ3) is 4.80. The van der Waals surface area contributed by atoms with Crippen molar-refractivity contribution in [2.75, 3.05) is 0 Å². The average Bonchev–Trinajstić information content (AvgIpc) is 2.36. The Balaban J connectivity index is 3.17. The Hall–Kier alpha value is -1.44. The van der Waals surface area contributed by atoms with E-state index in [-0.39, 0.29) is 16.9 Å². The summed E-state index contributed by atoms with van der Waals surface area (Å²) in [6, 6.07) is 3.61. The van der Waals surface area contributed by atoms with Gasteiger partial charge in [-0.05, 0) is 44.4 Å². The molecule has 3 N–H and O–H groups in total. The third-order valence-corrected chi connectivity index (χ3v) is 4.71. The number of aromatic carboxylic acids is 1. The summed E-state index contributed by atoms with van der Waals surface area (Å²) in [5, 5.41) is 18.3. The summed E-state index contributed by atoms with van der Waals surface area (Å²) in [6.07, 6.45) is 0.124. The van der Waals surface area contributed by atoms with E-state index >= 15 is 0 Å². The molecular weight excluding hydrogens is 294 g/mol. The monoisotopic (exact) mass is 315 g/mol. The van der Waals surface area contributed by atoms with Gasteiger partial charge in [0.2, 0.25) is 10.0 Å². The van der Waals surface area contributed by atoms with E-state index in [9.17, 15) is 18.3 Å². The number of sulfonamides is 1. The molecule has 0 amide bonds. The van der Waals surface area contributed by atoms with Crippen LogP contribution < -0.4 is 4.72 Å². The molecule has 1 rings (SSSR count). The van der Waals surface area contributed by atoms with Crippen molar-refractivity contribution < 1.29 is 23.4 Å². The topological polar surface area (TPSA) is 104 Å². The molecule has 0 radical (unpaired) electrons. The van der Waals surface area contributed by atoms with Gasteiger partial charge in [-0.2, -0.15) is 0 Å². The number of aryl methyl sites for hydroxylation is 1.